The third-order valence-electron chi connectivity index (χ3n) is 3.70. The summed E-state index contributed by atoms with van der Waals surface area (Å²) >= 11 is 3.57. The summed E-state index contributed by atoms with van der Waals surface area (Å²) < 4.78 is 14.5. The Balaban J connectivity index is 1.73. The lowest BCUT2D eigenvalue weighted by Crippen LogP contribution is -2.46. The van der Waals surface area contributed by atoms with Gasteiger partial charge in [0.05, 0.1) is 21.9 Å². The van der Waals surface area contributed by atoms with Gasteiger partial charge in [-0.05, 0) is 35.0 Å². The third-order valence-corrected chi connectivity index (χ3v) is 4.73. The van der Waals surface area contributed by atoms with Gasteiger partial charge in [0.1, 0.15) is 12.7 Å². The second-order valence-corrected chi connectivity index (χ2v) is 6.04. The van der Waals surface area contributed by atoms with Crippen LogP contribution >= 0.6 is 15.9 Å². The number of hydrogen-bond donors (Lipinski definition) is 1. The summed E-state index contributed by atoms with van der Waals surface area (Å²) in [6, 6.07) is 7.50. The van der Waals surface area contributed by atoms with Gasteiger partial charge in [0.25, 0.3) is 0 Å². The van der Waals surface area contributed by atoms with Crippen molar-refractivity contribution in [3.63, 3.8) is 0 Å². The molecular weight excluding hydrogens is 334 g/mol. The van der Waals surface area contributed by atoms with Crippen molar-refractivity contribution in [1.82, 2.24) is 9.78 Å². The van der Waals surface area contributed by atoms with Crippen LogP contribution in [0.15, 0.2) is 28.7 Å². The number of rotatable bonds is 3. The van der Waals surface area contributed by atoms with Crippen molar-refractivity contribution in [3.8, 4) is 11.5 Å². The summed E-state index contributed by atoms with van der Waals surface area (Å²) in [5, 5.41) is 4.39. The molecule has 1 aromatic carbocycles. The maximum Gasteiger partial charge on any atom is 0.161 e. The molecule has 3 rings (SSSR count). The highest BCUT2D eigenvalue weighted by atomic mass is 79.9. The van der Waals surface area contributed by atoms with Crippen molar-refractivity contribution in [1.29, 1.82) is 0 Å². The second kappa shape index (κ2) is 5.69. The molecule has 1 aliphatic heterocycles. The Morgan fingerprint density at radius 1 is 1.43 bits per heavy atom. The van der Waals surface area contributed by atoms with E-state index in [1.807, 2.05) is 42.9 Å². The van der Waals surface area contributed by atoms with Crippen LogP contribution in [-0.4, -0.2) is 28.5 Å². The lowest BCUT2D eigenvalue weighted by Gasteiger charge is -2.30. The molecule has 2 heterocycles. The Morgan fingerprint density at radius 3 is 2.81 bits per heavy atom. The molecule has 1 aromatic heterocycles. The van der Waals surface area contributed by atoms with Crippen molar-refractivity contribution >= 4 is 15.9 Å². The summed E-state index contributed by atoms with van der Waals surface area (Å²) in [7, 11) is 1.92. The highest BCUT2D eigenvalue weighted by Gasteiger charge is 2.28. The van der Waals surface area contributed by atoms with E-state index in [1.54, 1.807) is 0 Å². The van der Waals surface area contributed by atoms with Gasteiger partial charge in [-0.15, -0.1) is 0 Å². The van der Waals surface area contributed by atoms with Gasteiger partial charge in [0, 0.05) is 13.5 Å². The SMILES string of the molecule is Cc1nn(C)c(CC(N)C2COc3ccccc3O2)c1Br. The topological polar surface area (TPSA) is 62.3 Å². The first kappa shape index (κ1) is 14.4. The normalized spacial score (nSPS) is 18.6. The van der Waals surface area contributed by atoms with Gasteiger partial charge in [0.2, 0.25) is 0 Å². The van der Waals surface area contributed by atoms with Crippen LogP contribution in [0.2, 0.25) is 0 Å². The predicted octanol–water partition coefficient (Wildman–Crippen LogP) is 2.20. The monoisotopic (exact) mass is 351 g/mol. The smallest absolute Gasteiger partial charge is 0.161 e. The number of nitrogens with two attached hydrogens (primary N) is 1. The minimum absolute atomic E-state index is 0.163. The van der Waals surface area contributed by atoms with Gasteiger partial charge in [-0.3, -0.25) is 4.68 Å². The van der Waals surface area contributed by atoms with E-state index < -0.39 is 0 Å². The predicted molar refractivity (Wildman–Crippen MR) is 83.7 cm³/mol. The minimum Gasteiger partial charge on any atom is -0.486 e. The Hall–Kier alpha value is -1.53. The van der Waals surface area contributed by atoms with Crippen molar-refractivity contribution < 1.29 is 9.47 Å². The van der Waals surface area contributed by atoms with Crippen LogP contribution in [0.4, 0.5) is 0 Å². The van der Waals surface area contributed by atoms with E-state index in [-0.39, 0.29) is 12.1 Å². The zero-order chi connectivity index (χ0) is 15.0. The fourth-order valence-electron chi connectivity index (χ4n) is 2.50. The standard InChI is InChI=1S/C15H18BrN3O2/c1-9-15(16)11(19(2)18-9)7-10(17)14-8-20-12-5-3-4-6-13(12)21-14/h3-6,10,14H,7-8,17H2,1-2H3. The first-order valence-electron chi connectivity index (χ1n) is 6.88. The number of halogens is 1. The average Bonchev–Trinajstić information content (AvgIpc) is 2.73. The van der Waals surface area contributed by atoms with E-state index >= 15 is 0 Å². The van der Waals surface area contributed by atoms with Gasteiger partial charge < -0.3 is 15.2 Å². The molecule has 0 radical (unpaired) electrons. The number of hydrogen-bond acceptors (Lipinski definition) is 4. The van der Waals surface area contributed by atoms with E-state index in [0.717, 1.165) is 27.4 Å². The van der Waals surface area contributed by atoms with E-state index in [4.69, 9.17) is 15.2 Å². The molecule has 5 nitrogen and oxygen atoms in total. The molecular formula is C15H18BrN3O2. The quantitative estimate of drug-likeness (QED) is 0.920. The van der Waals surface area contributed by atoms with E-state index in [0.29, 0.717) is 13.0 Å². The lowest BCUT2D eigenvalue weighted by atomic mass is 10.1. The van der Waals surface area contributed by atoms with Crippen LogP contribution in [-0.2, 0) is 13.5 Å². The Kier molecular flexibility index (Phi) is 3.91. The summed E-state index contributed by atoms with van der Waals surface area (Å²) in [5.74, 6) is 1.53. The number of benzene rings is 1. The van der Waals surface area contributed by atoms with E-state index in [2.05, 4.69) is 21.0 Å². The Morgan fingerprint density at radius 2 is 2.14 bits per heavy atom. The molecule has 2 unspecified atom stereocenters. The Labute approximate surface area is 132 Å². The number of nitrogens with zero attached hydrogens (tertiary/aromatic N) is 2. The van der Waals surface area contributed by atoms with Gasteiger partial charge in [-0.25, -0.2) is 0 Å². The van der Waals surface area contributed by atoms with Gasteiger partial charge in [-0.1, -0.05) is 12.1 Å². The Bertz CT molecular complexity index is 656. The molecule has 0 aliphatic carbocycles. The summed E-state index contributed by atoms with van der Waals surface area (Å²) in [6.07, 6.45) is 0.510. The number of aryl methyl sites for hydroxylation is 2. The number of ether oxygens (including phenoxy) is 2. The zero-order valence-corrected chi connectivity index (χ0v) is 13.6. The van der Waals surface area contributed by atoms with Gasteiger partial charge >= 0.3 is 0 Å². The summed E-state index contributed by atoms with van der Waals surface area (Å²) in [4.78, 5) is 0. The molecule has 1 aliphatic rings. The molecule has 0 spiro atoms. The largest absolute Gasteiger partial charge is 0.486 e. The minimum atomic E-state index is -0.165. The highest BCUT2D eigenvalue weighted by Crippen LogP contribution is 2.32. The molecule has 2 aromatic rings. The molecule has 0 amide bonds. The fourth-order valence-corrected chi connectivity index (χ4v) is 3.00. The van der Waals surface area contributed by atoms with Crippen LogP contribution < -0.4 is 15.2 Å². The maximum absolute atomic E-state index is 6.32. The number of aromatic nitrogens is 2. The summed E-state index contributed by atoms with van der Waals surface area (Å²) in [5.41, 5.74) is 8.35. The van der Waals surface area contributed by atoms with E-state index in [1.165, 1.54) is 0 Å². The lowest BCUT2D eigenvalue weighted by molar-refractivity contribution is 0.0718. The van der Waals surface area contributed by atoms with Gasteiger partial charge in [-0.2, -0.15) is 5.10 Å². The molecule has 0 saturated carbocycles. The highest BCUT2D eigenvalue weighted by molar-refractivity contribution is 9.10. The number of para-hydroxylation sites is 2. The van der Waals surface area contributed by atoms with Crippen LogP contribution in [0.1, 0.15) is 11.4 Å². The maximum atomic E-state index is 6.32. The van der Waals surface area contributed by atoms with Crippen molar-refractivity contribution in [2.75, 3.05) is 6.61 Å². The van der Waals surface area contributed by atoms with Gasteiger partial charge in [0.15, 0.2) is 11.5 Å². The average molecular weight is 352 g/mol. The van der Waals surface area contributed by atoms with Crippen LogP contribution in [0.25, 0.3) is 0 Å². The molecule has 21 heavy (non-hydrogen) atoms. The molecule has 0 bridgehead atoms. The molecule has 6 heteroatoms. The van der Waals surface area contributed by atoms with E-state index in [9.17, 15) is 0 Å². The number of fused-ring (bicyclic) bond motifs is 1. The zero-order valence-electron chi connectivity index (χ0n) is 12.0. The fraction of sp³-hybridized carbons (Fsp3) is 0.400. The molecule has 0 fully saturated rings. The molecule has 112 valence electrons. The third kappa shape index (κ3) is 2.78. The van der Waals surface area contributed by atoms with Crippen molar-refractivity contribution in [3.05, 3.63) is 40.1 Å². The molecule has 2 atom stereocenters. The van der Waals surface area contributed by atoms with Crippen LogP contribution in [0.3, 0.4) is 0 Å². The van der Waals surface area contributed by atoms with Crippen molar-refractivity contribution in [2.45, 2.75) is 25.5 Å². The molecule has 0 saturated heterocycles. The van der Waals surface area contributed by atoms with Crippen LogP contribution in [0.5, 0.6) is 11.5 Å². The first-order valence-corrected chi connectivity index (χ1v) is 7.67. The summed E-state index contributed by atoms with van der Waals surface area (Å²) in [6.45, 7) is 2.43. The van der Waals surface area contributed by atoms with Crippen molar-refractivity contribution in [2.24, 2.45) is 12.8 Å². The first-order chi connectivity index (χ1) is 10.1. The second-order valence-electron chi connectivity index (χ2n) is 5.25. The van der Waals surface area contributed by atoms with Crippen LogP contribution in [0, 0.1) is 6.92 Å². The molecule has 2 N–H and O–H groups in total.